The van der Waals surface area contributed by atoms with E-state index < -0.39 is 17.7 Å². The monoisotopic (exact) mass is 456 g/mol. The summed E-state index contributed by atoms with van der Waals surface area (Å²) in [5.74, 6) is -0.239. The van der Waals surface area contributed by atoms with Crippen molar-refractivity contribution in [2.45, 2.75) is 32.0 Å². The van der Waals surface area contributed by atoms with Gasteiger partial charge in [-0.2, -0.15) is 0 Å². The van der Waals surface area contributed by atoms with Gasteiger partial charge >= 0.3 is 0 Å². The maximum absolute atomic E-state index is 13.3. The van der Waals surface area contributed by atoms with Crippen LogP contribution in [0.5, 0.6) is 11.5 Å². The van der Waals surface area contributed by atoms with Crippen LogP contribution in [0.3, 0.4) is 0 Å². The minimum Gasteiger partial charge on any atom is -0.507 e. The molecule has 3 heterocycles. The maximum atomic E-state index is 13.3. The lowest BCUT2D eigenvalue weighted by Crippen LogP contribution is -2.29. The van der Waals surface area contributed by atoms with Gasteiger partial charge in [-0.15, -0.1) is 0 Å². The number of carbonyl (C=O) groups is 2. The van der Waals surface area contributed by atoms with Crippen molar-refractivity contribution in [3.8, 4) is 11.5 Å². The Hall–Kier alpha value is -4.13. The zero-order valence-electron chi connectivity index (χ0n) is 18.9. The molecular formula is C27H24N2O5. The Balaban J connectivity index is 1.64. The summed E-state index contributed by atoms with van der Waals surface area (Å²) in [6, 6.07) is 15.4. The van der Waals surface area contributed by atoms with Crippen molar-refractivity contribution >= 4 is 17.4 Å². The van der Waals surface area contributed by atoms with Gasteiger partial charge < -0.3 is 19.5 Å². The summed E-state index contributed by atoms with van der Waals surface area (Å²) in [4.78, 5) is 32.0. The van der Waals surface area contributed by atoms with Gasteiger partial charge in [0.25, 0.3) is 11.7 Å². The van der Waals surface area contributed by atoms with Gasteiger partial charge in [0.05, 0.1) is 18.7 Å². The average Bonchev–Trinajstić information content (AvgIpc) is 3.35. The Morgan fingerprint density at radius 3 is 2.79 bits per heavy atom. The first kappa shape index (κ1) is 21.7. The number of ether oxygens (including phenoxy) is 2. The van der Waals surface area contributed by atoms with E-state index in [9.17, 15) is 14.7 Å². The molecule has 7 nitrogen and oxygen atoms in total. The highest BCUT2D eigenvalue weighted by Crippen LogP contribution is 2.42. The van der Waals surface area contributed by atoms with Crippen LogP contribution in [0.4, 0.5) is 0 Å². The Morgan fingerprint density at radius 2 is 2.03 bits per heavy atom. The molecule has 1 amide bonds. The number of likely N-dealkylation sites (tertiary alicyclic amines) is 1. The van der Waals surface area contributed by atoms with Crippen molar-refractivity contribution in [2.24, 2.45) is 0 Å². The number of ketones is 1. The van der Waals surface area contributed by atoms with Crippen LogP contribution in [0.2, 0.25) is 0 Å². The summed E-state index contributed by atoms with van der Waals surface area (Å²) in [5.41, 5.74) is 2.93. The molecule has 1 saturated heterocycles. The fourth-order valence-corrected chi connectivity index (χ4v) is 4.61. The van der Waals surface area contributed by atoms with E-state index in [1.54, 1.807) is 55.9 Å². The number of hydrogen-bond donors (Lipinski definition) is 1. The number of fused-ring (bicyclic) bond motifs is 1. The molecule has 3 aromatic rings. The van der Waals surface area contributed by atoms with Crippen LogP contribution in [-0.2, 0) is 22.6 Å². The number of carbonyl (C=O) groups excluding carboxylic acids is 2. The second-order valence-electron chi connectivity index (χ2n) is 8.52. The summed E-state index contributed by atoms with van der Waals surface area (Å²) >= 11 is 0. The number of nitrogens with zero attached hydrogens (tertiary/aromatic N) is 2. The Labute approximate surface area is 197 Å². The molecule has 7 heteroatoms. The van der Waals surface area contributed by atoms with Gasteiger partial charge in [-0.05, 0) is 60.0 Å². The summed E-state index contributed by atoms with van der Waals surface area (Å²) in [6.45, 7) is 2.15. The third-order valence-corrected chi connectivity index (χ3v) is 6.19. The van der Waals surface area contributed by atoms with Crippen molar-refractivity contribution in [3.05, 3.63) is 94.8 Å². The number of methoxy groups -OCH3 is 1. The first-order chi connectivity index (χ1) is 16.5. The summed E-state index contributed by atoms with van der Waals surface area (Å²) in [7, 11) is 1.55. The lowest BCUT2D eigenvalue weighted by molar-refractivity contribution is -0.140. The van der Waals surface area contributed by atoms with E-state index in [1.807, 2.05) is 25.1 Å². The zero-order chi connectivity index (χ0) is 23.8. The van der Waals surface area contributed by atoms with E-state index in [2.05, 4.69) is 4.98 Å². The lowest BCUT2D eigenvalue weighted by Gasteiger charge is -2.25. The standard InChI is InChI=1S/C27H24N2O5/c1-16-11-20-12-19(8-9-22(20)34-16)25(30)23-24(18-6-3-7-21(13-18)33-2)29(27(32)26(23)31)15-17-5-4-10-28-14-17/h3-10,12-14,16,24,30H,11,15H2,1-2H3/t16-,24-/m0/s1. The Morgan fingerprint density at radius 1 is 1.18 bits per heavy atom. The molecule has 0 unspecified atom stereocenters. The number of rotatable bonds is 5. The number of benzene rings is 2. The summed E-state index contributed by atoms with van der Waals surface area (Å²) in [6.07, 6.45) is 4.07. The van der Waals surface area contributed by atoms with Crippen LogP contribution < -0.4 is 9.47 Å². The van der Waals surface area contributed by atoms with E-state index in [0.717, 1.165) is 16.9 Å². The van der Waals surface area contributed by atoms with E-state index in [4.69, 9.17) is 9.47 Å². The van der Waals surface area contributed by atoms with Crippen molar-refractivity contribution in [1.82, 2.24) is 9.88 Å². The SMILES string of the molecule is COc1cccc([C@H]2C(=C(O)c3ccc4c(c3)C[C@H](C)O4)C(=O)C(=O)N2Cc2cccnc2)c1. The smallest absolute Gasteiger partial charge is 0.295 e. The van der Waals surface area contributed by atoms with Crippen LogP contribution in [0.1, 0.15) is 35.2 Å². The highest BCUT2D eigenvalue weighted by molar-refractivity contribution is 6.46. The van der Waals surface area contributed by atoms with Crippen LogP contribution in [0.15, 0.2) is 72.6 Å². The van der Waals surface area contributed by atoms with Crippen LogP contribution in [0.25, 0.3) is 5.76 Å². The minimum absolute atomic E-state index is 0.0501. The summed E-state index contributed by atoms with van der Waals surface area (Å²) < 4.78 is 11.1. The molecule has 0 spiro atoms. The molecule has 2 aliphatic heterocycles. The van der Waals surface area contributed by atoms with Crippen LogP contribution in [0, 0.1) is 0 Å². The van der Waals surface area contributed by atoms with Gasteiger partial charge in [-0.3, -0.25) is 14.6 Å². The van der Waals surface area contributed by atoms with E-state index >= 15 is 0 Å². The van der Waals surface area contributed by atoms with Gasteiger partial charge in [0, 0.05) is 30.9 Å². The van der Waals surface area contributed by atoms with Crippen LogP contribution in [-0.4, -0.2) is 39.9 Å². The van der Waals surface area contributed by atoms with Crippen LogP contribution >= 0.6 is 0 Å². The molecule has 0 saturated carbocycles. The number of aromatic nitrogens is 1. The third kappa shape index (κ3) is 3.79. The molecule has 0 radical (unpaired) electrons. The molecule has 0 bridgehead atoms. The predicted octanol–water partition coefficient (Wildman–Crippen LogP) is 4.04. The van der Waals surface area contributed by atoms with Gasteiger partial charge in [0.2, 0.25) is 0 Å². The summed E-state index contributed by atoms with van der Waals surface area (Å²) in [5, 5.41) is 11.3. The molecule has 1 aromatic heterocycles. The number of amides is 1. The third-order valence-electron chi connectivity index (χ3n) is 6.19. The molecule has 1 N–H and O–H groups in total. The normalized spacial score (nSPS) is 20.8. The quantitative estimate of drug-likeness (QED) is 0.354. The first-order valence-corrected chi connectivity index (χ1v) is 11.1. The minimum atomic E-state index is -0.779. The molecule has 0 aliphatic carbocycles. The predicted molar refractivity (Wildman–Crippen MR) is 125 cm³/mol. The topological polar surface area (TPSA) is 89.0 Å². The van der Waals surface area contributed by atoms with Crippen molar-refractivity contribution in [2.75, 3.05) is 7.11 Å². The molecule has 2 atom stereocenters. The highest BCUT2D eigenvalue weighted by Gasteiger charge is 2.46. The van der Waals surface area contributed by atoms with E-state index in [-0.39, 0.29) is 24.0 Å². The van der Waals surface area contributed by atoms with Crippen molar-refractivity contribution < 1.29 is 24.2 Å². The molecule has 5 rings (SSSR count). The van der Waals surface area contributed by atoms with E-state index in [1.165, 1.54) is 4.90 Å². The average molecular weight is 456 g/mol. The Kier molecular flexibility index (Phi) is 5.53. The molecule has 1 fully saturated rings. The molecule has 2 aliphatic rings. The maximum Gasteiger partial charge on any atom is 0.295 e. The number of aliphatic hydroxyl groups is 1. The highest BCUT2D eigenvalue weighted by atomic mass is 16.5. The van der Waals surface area contributed by atoms with E-state index in [0.29, 0.717) is 23.3 Å². The fourth-order valence-electron chi connectivity index (χ4n) is 4.61. The van der Waals surface area contributed by atoms with Gasteiger partial charge in [0.15, 0.2) is 0 Å². The van der Waals surface area contributed by atoms with Gasteiger partial charge in [-0.1, -0.05) is 18.2 Å². The molecular weight excluding hydrogens is 432 g/mol. The van der Waals surface area contributed by atoms with Gasteiger partial charge in [-0.25, -0.2) is 0 Å². The first-order valence-electron chi connectivity index (χ1n) is 11.1. The van der Waals surface area contributed by atoms with Crippen molar-refractivity contribution in [1.29, 1.82) is 0 Å². The largest absolute Gasteiger partial charge is 0.507 e. The zero-order valence-corrected chi connectivity index (χ0v) is 18.9. The number of hydrogen-bond acceptors (Lipinski definition) is 6. The fraction of sp³-hybridized carbons (Fsp3) is 0.222. The molecule has 172 valence electrons. The van der Waals surface area contributed by atoms with Gasteiger partial charge in [0.1, 0.15) is 23.4 Å². The lowest BCUT2D eigenvalue weighted by atomic mass is 9.94. The second-order valence-corrected chi connectivity index (χ2v) is 8.52. The second kappa shape index (κ2) is 8.67. The number of aliphatic hydroxyl groups excluding tert-OH is 1. The molecule has 2 aromatic carbocycles. The Bertz CT molecular complexity index is 1300. The van der Waals surface area contributed by atoms with Crippen molar-refractivity contribution in [3.63, 3.8) is 0 Å². The number of pyridine rings is 1. The number of Topliss-reactive ketones (excluding diaryl/α,β-unsaturated/α-hetero) is 1. The molecule has 34 heavy (non-hydrogen) atoms.